The van der Waals surface area contributed by atoms with Crippen LogP contribution >= 0.6 is 11.8 Å². The molecule has 108 valence electrons. The first-order valence-corrected chi connectivity index (χ1v) is 8.35. The number of carbonyl (C=O) groups excluding carboxylic acids is 1. The first kappa shape index (κ1) is 13.8. The van der Waals surface area contributed by atoms with Crippen LogP contribution < -0.4 is 11.1 Å². The van der Waals surface area contributed by atoms with Crippen molar-refractivity contribution in [2.45, 2.75) is 23.8 Å². The van der Waals surface area contributed by atoms with E-state index >= 15 is 0 Å². The van der Waals surface area contributed by atoms with Gasteiger partial charge in [0.1, 0.15) is 0 Å². The van der Waals surface area contributed by atoms with E-state index in [-0.39, 0.29) is 6.03 Å². The Morgan fingerprint density at radius 3 is 2.70 bits per heavy atom. The number of urea groups is 1. The molecule has 1 aliphatic carbocycles. The summed E-state index contributed by atoms with van der Waals surface area (Å²) in [5.74, 6) is 0.967. The fourth-order valence-electron chi connectivity index (χ4n) is 3.33. The molecule has 4 nitrogen and oxygen atoms in total. The van der Waals surface area contributed by atoms with Gasteiger partial charge < -0.3 is 16.0 Å². The molecule has 2 fully saturated rings. The number of anilines is 1. The van der Waals surface area contributed by atoms with Crippen LogP contribution in [0.2, 0.25) is 0 Å². The standard InChI is InChI=1S/C15H21N3OS/c1-20-13-4-2-3-12(7-13)17-15(19)18-8-10-5-6-11(9-18)14(10)16/h2-4,7,10-11,14H,5-6,8-9,16H2,1H3,(H,17,19). The third-order valence-electron chi connectivity index (χ3n) is 4.51. The lowest BCUT2D eigenvalue weighted by Gasteiger charge is -2.36. The van der Waals surface area contributed by atoms with E-state index in [0.717, 1.165) is 36.5 Å². The van der Waals surface area contributed by atoms with Crippen molar-refractivity contribution in [2.75, 3.05) is 24.7 Å². The maximum Gasteiger partial charge on any atom is 0.321 e. The van der Waals surface area contributed by atoms with Crippen molar-refractivity contribution in [1.82, 2.24) is 4.90 Å². The summed E-state index contributed by atoms with van der Waals surface area (Å²) in [6.07, 6.45) is 4.36. The quantitative estimate of drug-likeness (QED) is 0.824. The molecule has 20 heavy (non-hydrogen) atoms. The van der Waals surface area contributed by atoms with Gasteiger partial charge in [0, 0.05) is 29.7 Å². The van der Waals surface area contributed by atoms with Gasteiger partial charge in [-0.05, 0) is 49.1 Å². The fourth-order valence-corrected chi connectivity index (χ4v) is 3.79. The van der Waals surface area contributed by atoms with Crippen molar-refractivity contribution in [1.29, 1.82) is 0 Å². The number of hydrogen-bond donors (Lipinski definition) is 2. The number of rotatable bonds is 2. The van der Waals surface area contributed by atoms with Crippen LogP contribution in [-0.4, -0.2) is 36.3 Å². The van der Waals surface area contributed by atoms with Gasteiger partial charge >= 0.3 is 6.03 Å². The monoisotopic (exact) mass is 291 g/mol. The molecule has 3 rings (SSSR count). The second kappa shape index (κ2) is 5.66. The smallest absolute Gasteiger partial charge is 0.321 e. The van der Waals surface area contributed by atoms with E-state index in [2.05, 4.69) is 5.32 Å². The number of nitrogens with zero attached hydrogens (tertiary/aromatic N) is 1. The Bertz CT molecular complexity index is 494. The molecule has 0 radical (unpaired) electrons. The SMILES string of the molecule is CSc1cccc(NC(=O)N2CC3CCC(C2)C3N)c1. The van der Waals surface area contributed by atoms with Crippen molar-refractivity contribution in [3.05, 3.63) is 24.3 Å². The molecule has 3 N–H and O–H groups in total. The molecule has 2 amide bonds. The minimum atomic E-state index is 0.00653. The first-order chi connectivity index (χ1) is 9.67. The Morgan fingerprint density at radius 2 is 2.05 bits per heavy atom. The summed E-state index contributed by atoms with van der Waals surface area (Å²) >= 11 is 1.68. The molecule has 0 spiro atoms. The average Bonchev–Trinajstić information content (AvgIpc) is 2.68. The number of piperidine rings is 1. The van der Waals surface area contributed by atoms with Gasteiger partial charge in [0.2, 0.25) is 0 Å². The lowest BCUT2D eigenvalue weighted by molar-refractivity contribution is 0.161. The summed E-state index contributed by atoms with van der Waals surface area (Å²) in [5.41, 5.74) is 7.04. The largest absolute Gasteiger partial charge is 0.327 e. The van der Waals surface area contributed by atoms with E-state index in [1.165, 1.54) is 0 Å². The molecule has 1 heterocycles. The van der Waals surface area contributed by atoms with Crippen LogP contribution in [-0.2, 0) is 0 Å². The van der Waals surface area contributed by atoms with Gasteiger partial charge in [0.25, 0.3) is 0 Å². The van der Waals surface area contributed by atoms with Gasteiger partial charge in [0.05, 0.1) is 0 Å². The molecular formula is C15H21N3OS. The second-order valence-corrected chi connectivity index (χ2v) is 6.62. The van der Waals surface area contributed by atoms with Gasteiger partial charge in [-0.1, -0.05) is 6.07 Å². The number of likely N-dealkylation sites (tertiary alicyclic amines) is 1. The van der Waals surface area contributed by atoms with E-state index in [1.54, 1.807) is 11.8 Å². The molecular weight excluding hydrogens is 270 g/mol. The summed E-state index contributed by atoms with van der Waals surface area (Å²) in [4.78, 5) is 15.4. The Labute approximate surface area is 124 Å². The topological polar surface area (TPSA) is 58.4 Å². The van der Waals surface area contributed by atoms with Gasteiger partial charge in [0.15, 0.2) is 0 Å². The van der Waals surface area contributed by atoms with E-state index < -0.39 is 0 Å². The number of nitrogens with one attached hydrogen (secondary N) is 1. The Morgan fingerprint density at radius 1 is 1.35 bits per heavy atom. The number of fused-ring (bicyclic) bond motifs is 2. The number of benzene rings is 1. The fraction of sp³-hybridized carbons (Fsp3) is 0.533. The minimum absolute atomic E-state index is 0.00653. The molecule has 1 saturated heterocycles. The van der Waals surface area contributed by atoms with E-state index in [1.807, 2.05) is 35.4 Å². The van der Waals surface area contributed by atoms with Crippen molar-refractivity contribution in [3.8, 4) is 0 Å². The van der Waals surface area contributed by atoms with Gasteiger partial charge in [-0.3, -0.25) is 0 Å². The van der Waals surface area contributed by atoms with Crippen LogP contribution in [0.25, 0.3) is 0 Å². The van der Waals surface area contributed by atoms with Crippen LogP contribution in [0.15, 0.2) is 29.2 Å². The van der Waals surface area contributed by atoms with Gasteiger partial charge in [-0.25, -0.2) is 4.79 Å². The molecule has 5 heteroatoms. The van der Waals surface area contributed by atoms with Crippen molar-refractivity contribution in [2.24, 2.45) is 17.6 Å². The summed E-state index contributed by atoms with van der Waals surface area (Å²) in [6, 6.07) is 8.25. The molecule has 2 aliphatic rings. The molecule has 1 aromatic rings. The third-order valence-corrected chi connectivity index (χ3v) is 5.24. The van der Waals surface area contributed by atoms with E-state index in [0.29, 0.717) is 17.9 Å². The number of carbonyl (C=O) groups is 1. The summed E-state index contributed by atoms with van der Waals surface area (Å²) in [6.45, 7) is 1.59. The predicted octanol–water partition coefficient (Wildman–Crippen LogP) is 2.61. The highest BCUT2D eigenvalue weighted by molar-refractivity contribution is 7.98. The zero-order valence-corrected chi connectivity index (χ0v) is 12.5. The number of thioether (sulfide) groups is 1. The number of amides is 2. The minimum Gasteiger partial charge on any atom is -0.327 e. The van der Waals surface area contributed by atoms with Gasteiger partial charge in [-0.15, -0.1) is 11.8 Å². The Balaban J connectivity index is 1.65. The zero-order chi connectivity index (χ0) is 14.1. The molecule has 0 aromatic heterocycles. The van der Waals surface area contributed by atoms with Crippen LogP contribution in [0, 0.1) is 11.8 Å². The highest BCUT2D eigenvalue weighted by atomic mass is 32.2. The third kappa shape index (κ3) is 2.65. The maximum atomic E-state index is 12.4. The van der Waals surface area contributed by atoms with Gasteiger partial charge in [-0.2, -0.15) is 0 Å². The molecule has 2 atom stereocenters. The first-order valence-electron chi connectivity index (χ1n) is 7.13. The molecule has 1 saturated carbocycles. The highest BCUT2D eigenvalue weighted by Gasteiger charge is 2.41. The Hall–Kier alpha value is -1.20. The summed E-state index contributed by atoms with van der Waals surface area (Å²) < 4.78 is 0. The van der Waals surface area contributed by atoms with Crippen LogP contribution in [0.4, 0.5) is 10.5 Å². The van der Waals surface area contributed by atoms with Crippen molar-refractivity contribution in [3.63, 3.8) is 0 Å². The highest BCUT2D eigenvalue weighted by Crippen LogP contribution is 2.35. The second-order valence-electron chi connectivity index (χ2n) is 5.74. The number of hydrogen-bond acceptors (Lipinski definition) is 3. The van der Waals surface area contributed by atoms with E-state index in [9.17, 15) is 4.79 Å². The van der Waals surface area contributed by atoms with Crippen LogP contribution in [0.1, 0.15) is 12.8 Å². The van der Waals surface area contributed by atoms with Crippen molar-refractivity contribution >= 4 is 23.5 Å². The lowest BCUT2D eigenvalue weighted by atomic mass is 9.93. The lowest BCUT2D eigenvalue weighted by Crippen LogP contribution is -2.51. The zero-order valence-electron chi connectivity index (χ0n) is 11.7. The maximum absolute atomic E-state index is 12.4. The summed E-state index contributed by atoms with van der Waals surface area (Å²) in [7, 11) is 0. The molecule has 1 aromatic carbocycles. The Kier molecular flexibility index (Phi) is 3.89. The average molecular weight is 291 g/mol. The molecule has 1 aliphatic heterocycles. The summed E-state index contributed by atoms with van der Waals surface area (Å²) in [5, 5.41) is 3.00. The molecule has 2 unspecified atom stereocenters. The van der Waals surface area contributed by atoms with Crippen LogP contribution in [0.5, 0.6) is 0 Å². The van der Waals surface area contributed by atoms with E-state index in [4.69, 9.17) is 5.73 Å². The normalized spacial score (nSPS) is 28.5. The predicted molar refractivity (Wildman–Crippen MR) is 83.0 cm³/mol. The number of nitrogens with two attached hydrogens (primary N) is 1. The molecule has 2 bridgehead atoms. The van der Waals surface area contributed by atoms with Crippen molar-refractivity contribution < 1.29 is 4.79 Å². The van der Waals surface area contributed by atoms with Crippen LogP contribution in [0.3, 0.4) is 0 Å².